The molecule has 0 saturated carbocycles. The fraction of sp³-hybridized carbons (Fsp3) is 0.714. The van der Waals surface area contributed by atoms with Gasteiger partial charge >= 0.3 is 0 Å². The molecule has 1 atom stereocenters. The minimum atomic E-state index is 0.751. The predicted octanol–water partition coefficient (Wildman–Crippen LogP) is 5.36. The SMILES string of the molecule is C/C=C\C=C(/C)C(C)CCCC.CC. The molecule has 0 aromatic rings. The van der Waals surface area contributed by atoms with Crippen LogP contribution in [-0.2, 0) is 0 Å². The first-order valence-corrected chi connectivity index (χ1v) is 6.01. The van der Waals surface area contributed by atoms with Crippen LogP contribution in [0.3, 0.4) is 0 Å². The Labute approximate surface area is 91.1 Å². The summed E-state index contributed by atoms with van der Waals surface area (Å²) in [5, 5.41) is 0. The Balaban J connectivity index is 0. The van der Waals surface area contributed by atoms with Crippen molar-refractivity contribution < 1.29 is 0 Å². The second-order valence-corrected chi connectivity index (χ2v) is 3.48. The third kappa shape index (κ3) is 9.57. The molecule has 0 nitrogen and oxygen atoms in total. The zero-order valence-corrected chi connectivity index (χ0v) is 10.9. The van der Waals surface area contributed by atoms with Gasteiger partial charge in [-0.15, -0.1) is 0 Å². The molecule has 0 bridgehead atoms. The Morgan fingerprint density at radius 3 is 2.29 bits per heavy atom. The summed E-state index contributed by atoms with van der Waals surface area (Å²) in [6, 6.07) is 0. The lowest BCUT2D eigenvalue weighted by Crippen LogP contribution is -1.95. The summed E-state index contributed by atoms with van der Waals surface area (Å²) in [4.78, 5) is 0. The summed E-state index contributed by atoms with van der Waals surface area (Å²) in [7, 11) is 0. The van der Waals surface area contributed by atoms with Crippen molar-refractivity contribution in [2.45, 2.75) is 60.8 Å². The van der Waals surface area contributed by atoms with Gasteiger partial charge < -0.3 is 0 Å². The van der Waals surface area contributed by atoms with Crippen LogP contribution in [0.1, 0.15) is 60.8 Å². The first kappa shape index (κ1) is 15.9. The Bertz CT molecular complexity index is 151. The summed E-state index contributed by atoms with van der Waals surface area (Å²) in [5.41, 5.74) is 1.50. The molecule has 0 fully saturated rings. The monoisotopic (exact) mass is 196 g/mol. The van der Waals surface area contributed by atoms with Crippen LogP contribution < -0.4 is 0 Å². The molecule has 0 aromatic carbocycles. The molecule has 84 valence electrons. The number of hydrogen-bond donors (Lipinski definition) is 0. The van der Waals surface area contributed by atoms with E-state index in [1.54, 1.807) is 0 Å². The van der Waals surface area contributed by atoms with Gasteiger partial charge in [0.15, 0.2) is 0 Å². The second-order valence-electron chi connectivity index (χ2n) is 3.48. The van der Waals surface area contributed by atoms with E-state index in [4.69, 9.17) is 0 Å². The molecule has 0 N–H and O–H groups in total. The van der Waals surface area contributed by atoms with Gasteiger partial charge in [-0.05, 0) is 26.2 Å². The standard InChI is InChI=1S/C12H22.C2H6/c1-5-7-9-11(3)12(4)10-8-6-2;1-2/h5,7,9,12H,6,8,10H2,1-4H3;1-2H3/b7-5-,11-9+;. The predicted molar refractivity (Wildman–Crippen MR) is 68.6 cm³/mol. The van der Waals surface area contributed by atoms with Gasteiger partial charge in [0.25, 0.3) is 0 Å². The van der Waals surface area contributed by atoms with Gasteiger partial charge in [0.1, 0.15) is 0 Å². The van der Waals surface area contributed by atoms with Crippen LogP contribution in [0.5, 0.6) is 0 Å². The first-order valence-electron chi connectivity index (χ1n) is 6.01. The van der Waals surface area contributed by atoms with E-state index in [2.05, 4.69) is 45.9 Å². The minimum Gasteiger partial charge on any atom is -0.0877 e. The summed E-state index contributed by atoms with van der Waals surface area (Å²) < 4.78 is 0. The van der Waals surface area contributed by atoms with Gasteiger partial charge in [-0.3, -0.25) is 0 Å². The van der Waals surface area contributed by atoms with Crippen molar-refractivity contribution in [3.63, 3.8) is 0 Å². The average molecular weight is 196 g/mol. The largest absolute Gasteiger partial charge is 0.0877 e. The van der Waals surface area contributed by atoms with E-state index in [0.29, 0.717) is 0 Å². The smallest absolute Gasteiger partial charge is 0.0231 e. The third-order valence-electron chi connectivity index (χ3n) is 2.32. The van der Waals surface area contributed by atoms with E-state index < -0.39 is 0 Å². The Morgan fingerprint density at radius 1 is 1.29 bits per heavy atom. The van der Waals surface area contributed by atoms with Gasteiger partial charge in [-0.1, -0.05) is 64.3 Å². The quantitative estimate of drug-likeness (QED) is 0.519. The minimum absolute atomic E-state index is 0.751. The highest BCUT2D eigenvalue weighted by Gasteiger charge is 2.01. The topological polar surface area (TPSA) is 0 Å². The maximum absolute atomic E-state index is 2.31. The van der Waals surface area contributed by atoms with E-state index >= 15 is 0 Å². The Morgan fingerprint density at radius 2 is 1.86 bits per heavy atom. The maximum atomic E-state index is 2.31. The van der Waals surface area contributed by atoms with Gasteiger partial charge in [0.2, 0.25) is 0 Å². The molecule has 0 aliphatic heterocycles. The first-order chi connectivity index (χ1) is 6.72. The molecular formula is C14H28. The van der Waals surface area contributed by atoms with Crippen LogP contribution in [0.2, 0.25) is 0 Å². The molecule has 0 heterocycles. The lowest BCUT2D eigenvalue weighted by Gasteiger charge is -2.10. The van der Waals surface area contributed by atoms with Crippen LogP contribution in [-0.4, -0.2) is 0 Å². The molecule has 0 radical (unpaired) electrons. The van der Waals surface area contributed by atoms with E-state index in [0.717, 1.165) is 5.92 Å². The van der Waals surface area contributed by atoms with Crippen LogP contribution >= 0.6 is 0 Å². The summed E-state index contributed by atoms with van der Waals surface area (Å²) in [5.74, 6) is 0.751. The van der Waals surface area contributed by atoms with Gasteiger partial charge in [0.05, 0.1) is 0 Å². The fourth-order valence-corrected chi connectivity index (χ4v) is 1.15. The van der Waals surface area contributed by atoms with Crippen molar-refractivity contribution in [3.8, 4) is 0 Å². The molecule has 14 heavy (non-hydrogen) atoms. The van der Waals surface area contributed by atoms with Crippen molar-refractivity contribution in [2.24, 2.45) is 5.92 Å². The molecule has 0 aromatic heterocycles. The zero-order valence-electron chi connectivity index (χ0n) is 10.9. The molecule has 0 saturated heterocycles. The van der Waals surface area contributed by atoms with Crippen molar-refractivity contribution >= 4 is 0 Å². The van der Waals surface area contributed by atoms with Crippen LogP contribution in [0, 0.1) is 5.92 Å². The number of allylic oxidation sites excluding steroid dienone is 4. The Hall–Kier alpha value is -0.520. The van der Waals surface area contributed by atoms with Crippen LogP contribution in [0.15, 0.2) is 23.8 Å². The lowest BCUT2D eigenvalue weighted by atomic mass is 9.96. The van der Waals surface area contributed by atoms with Crippen molar-refractivity contribution in [3.05, 3.63) is 23.8 Å². The summed E-state index contributed by atoms with van der Waals surface area (Å²) >= 11 is 0. The highest BCUT2D eigenvalue weighted by molar-refractivity contribution is 5.11. The molecule has 0 rings (SSSR count). The lowest BCUT2D eigenvalue weighted by molar-refractivity contribution is 0.572. The molecule has 0 spiro atoms. The molecule has 0 heteroatoms. The molecular weight excluding hydrogens is 168 g/mol. The van der Waals surface area contributed by atoms with Crippen LogP contribution in [0.25, 0.3) is 0 Å². The van der Waals surface area contributed by atoms with Crippen molar-refractivity contribution in [1.82, 2.24) is 0 Å². The molecule has 0 amide bonds. The van der Waals surface area contributed by atoms with E-state index in [-0.39, 0.29) is 0 Å². The highest BCUT2D eigenvalue weighted by Crippen LogP contribution is 2.16. The highest BCUT2D eigenvalue weighted by atomic mass is 14.1. The number of unbranched alkanes of at least 4 members (excludes halogenated alkanes) is 1. The van der Waals surface area contributed by atoms with Gasteiger partial charge in [0, 0.05) is 0 Å². The van der Waals surface area contributed by atoms with E-state index in [1.165, 1.54) is 24.8 Å². The second kappa shape index (κ2) is 12.5. The third-order valence-corrected chi connectivity index (χ3v) is 2.32. The van der Waals surface area contributed by atoms with Crippen LogP contribution in [0.4, 0.5) is 0 Å². The molecule has 0 aliphatic carbocycles. The zero-order chi connectivity index (χ0) is 11.4. The number of hydrogen-bond acceptors (Lipinski definition) is 0. The van der Waals surface area contributed by atoms with E-state index in [1.807, 2.05) is 13.8 Å². The van der Waals surface area contributed by atoms with Crippen molar-refractivity contribution in [1.29, 1.82) is 0 Å². The normalized spacial score (nSPS) is 13.7. The summed E-state index contributed by atoms with van der Waals surface area (Å²) in [6.07, 6.45) is 10.4. The van der Waals surface area contributed by atoms with Crippen molar-refractivity contribution in [2.75, 3.05) is 0 Å². The van der Waals surface area contributed by atoms with Gasteiger partial charge in [-0.25, -0.2) is 0 Å². The maximum Gasteiger partial charge on any atom is -0.0231 e. The average Bonchev–Trinajstić information content (AvgIpc) is 2.25. The Kier molecular flexibility index (Phi) is 14.2. The van der Waals surface area contributed by atoms with E-state index in [9.17, 15) is 0 Å². The molecule has 0 aliphatic rings. The van der Waals surface area contributed by atoms with Gasteiger partial charge in [-0.2, -0.15) is 0 Å². The summed E-state index contributed by atoms with van der Waals surface area (Å²) in [6.45, 7) is 12.8. The number of rotatable bonds is 5. The fourth-order valence-electron chi connectivity index (χ4n) is 1.15. The molecule has 1 unspecified atom stereocenters.